The molecule has 1 aromatic rings. The lowest BCUT2D eigenvalue weighted by atomic mass is 10.1. The fourth-order valence-corrected chi connectivity index (χ4v) is 1.20. The van der Waals surface area contributed by atoms with Crippen molar-refractivity contribution in [3.05, 3.63) is 42.1 Å². The average molecular weight is 158 g/mol. The summed E-state index contributed by atoms with van der Waals surface area (Å²) < 4.78 is 0. The number of hydrogen-bond acceptors (Lipinski definition) is 2. The van der Waals surface area contributed by atoms with Gasteiger partial charge in [0.05, 0.1) is 0 Å². The van der Waals surface area contributed by atoms with Gasteiger partial charge >= 0.3 is 0 Å². The highest BCUT2D eigenvalue weighted by molar-refractivity contribution is 5.73. The van der Waals surface area contributed by atoms with Crippen LogP contribution in [0.2, 0.25) is 0 Å². The molecule has 1 aliphatic rings. The minimum absolute atomic E-state index is 0.782. The number of anilines is 2. The van der Waals surface area contributed by atoms with Gasteiger partial charge in [0.15, 0.2) is 0 Å². The van der Waals surface area contributed by atoms with Crippen LogP contribution in [0.4, 0.5) is 11.4 Å². The molecule has 2 rings (SSSR count). The summed E-state index contributed by atoms with van der Waals surface area (Å²) in [6.07, 6.45) is 7.89. The smallest absolute Gasteiger partial charge is 0.0474 e. The van der Waals surface area contributed by atoms with Gasteiger partial charge in [-0.15, -0.1) is 0 Å². The minimum atomic E-state index is 0.782. The summed E-state index contributed by atoms with van der Waals surface area (Å²) in [7, 11) is 0. The predicted molar refractivity (Wildman–Crippen MR) is 52.7 cm³/mol. The van der Waals surface area contributed by atoms with Gasteiger partial charge < -0.3 is 11.1 Å². The van der Waals surface area contributed by atoms with Crippen LogP contribution in [0, 0.1) is 0 Å². The molecule has 2 heteroatoms. The molecule has 60 valence electrons. The first-order valence-electron chi connectivity index (χ1n) is 3.85. The lowest BCUT2D eigenvalue weighted by Gasteiger charge is -2.04. The Balaban J connectivity index is 2.53. The van der Waals surface area contributed by atoms with Crippen LogP contribution < -0.4 is 11.1 Å². The molecule has 12 heavy (non-hydrogen) atoms. The van der Waals surface area contributed by atoms with E-state index >= 15 is 0 Å². The summed E-state index contributed by atoms with van der Waals surface area (Å²) in [5, 5.41) is 3.14. The van der Waals surface area contributed by atoms with Crippen LogP contribution in [0.15, 0.2) is 36.6 Å². The molecule has 0 fully saturated rings. The first kappa shape index (κ1) is 6.98. The zero-order valence-electron chi connectivity index (χ0n) is 6.62. The second kappa shape index (κ2) is 2.74. The molecule has 0 unspecified atom stereocenters. The van der Waals surface area contributed by atoms with E-state index < -0.39 is 0 Å². The fourth-order valence-electron chi connectivity index (χ4n) is 1.20. The largest absolute Gasteiger partial charge is 0.399 e. The zero-order chi connectivity index (χ0) is 8.39. The Morgan fingerprint density at radius 2 is 2.08 bits per heavy atom. The van der Waals surface area contributed by atoms with Crippen molar-refractivity contribution >= 4 is 17.5 Å². The maximum absolute atomic E-state index is 5.64. The van der Waals surface area contributed by atoms with Crippen molar-refractivity contribution in [3.8, 4) is 0 Å². The van der Waals surface area contributed by atoms with E-state index in [0.717, 1.165) is 16.9 Å². The number of fused-ring (bicyclic) bond motifs is 1. The monoisotopic (exact) mass is 158 g/mol. The quantitative estimate of drug-likeness (QED) is 0.568. The van der Waals surface area contributed by atoms with Crippen LogP contribution in [0.1, 0.15) is 5.56 Å². The Labute approximate surface area is 71.4 Å². The molecule has 0 saturated heterocycles. The van der Waals surface area contributed by atoms with Gasteiger partial charge in [-0.05, 0) is 23.8 Å². The van der Waals surface area contributed by atoms with Crippen molar-refractivity contribution in [1.82, 2.24) is 0 Å². The second-order valence-corrected chi connectivity index (χ2v) is 2.71. The van der Waals surface area contributed by atoms with Crippen molar-refractivity contribution in [2.45, 2.75) is 0 Å². The van der Waals surface area contributed by atoms with Gasteiger partial charge in [-0.3, -0.25) is 0 Å². The number of rotatable bonds is 0. The van der Waals surface area contributed by atoms with E-state index in [1.165, 1.54) is 0 Å². The van der Waals surface area contributed by atoms with Crippen LogP contribution in [0.3, 0.4) is 0 Å². The standard InChI is InChI=1S/C10H10N2/c11-9-5-4-8-3-1-2-6-12-10(8)7-9/h1-7,12H,11H2. The van der Waals surface area contributed by atoms with E-state index in [4.69, 9.17) is 5.73 Å². The van der Waals surface area contributed by atoms with Crippen molar-refractivity contribution < 1.29 is 0 Å². The fraction of sp³-hybridized carbons (Fsp3) is 0. The van der Waals surface area contributed by atoms with Gasteiger partial charge in [0.25, 0.3) is 0 Å². The number of nitrogens with one attached hydrogen (secondary N) is 1. The highest BCUT2D eigenvalue weighted by Crippen LogP contribution is 2.21. The van der Waals surface area contributed by atoms with E-state index in [1.54, 1.807) is 0 Å². The van der Waals surface area contributed by atoms with Gasteiger partial charge in [-0.25, -0.2) is 0 Å². The number of benzene rings is 1. The van der Waals surface area contributed by atoms with Crippen LogP contribution >= 0.6 is 0 Å². The molecule has 0 atom stereocenters. The molecule has 0 aromatic heterocycles. The third kappa shape index (κ3) is 1.19. The van der Waals surface area contributed by atoms with E-state index in [-0.39, 0.29) is 0 Å². The molecular weight excluding hydrogens is 148 g/mol. The highest BCUT2D eigenvalue weighted by atomic mass is 14.8. The third-order valence-electron chi connectivity index (χ3n) is 1.80. The normalized spacial score (nSPS) is 13.3. The molecule has 0 radical (unpaired) electrons. The Morgan fingerprint density at radius 1 is 1.17 bits per heavy atom. The molecule has 2 nitrogen and oxygen atoms in total. The molecule has 0 bridgehead atoms. The summed E-state index contributed by atoms with van der Waals surface area (Å²) in [6.45, 7) is 0. The highest BCUT2D eigenvalue weighted by Gasteiger charge is 1.98. The summed E-state index contributed by atoms with van der Waals surface area (Å²) in [6, 6.07) is 5.83. The summed E-state index contributed by atoms with van der Waals surface area (Å²) in [5.41, 5.74) is 8.64. The van der Waals surface area contributed by atoms with Gasteiger partial charge in [0.2, 0.25) is 0 Å². The SMILES string of the molecule is Nc1ccc2c(c1)NC=CC=C2. The predicted octanol–water partition coefficient (Wildman–Crippen LogP) is 2.22. The Bertz CT molecular complexity index is 351. The molecule has 0 amide bonds. The zero-order valence-corrected chi connectivity index (χ0v) is 6.62. The third-order valence-corrected chi connectivity index (χ3v) is 1.80. The molecular formula is C10H10N2. The van der Waals surface area contributed by atoms with E-state index in [2.05, 4.69) is 5.32 Å². The van der Waals surface area contributed by atoms with Gasteiger partial charge in [-0.2, -0.15) is 0 Å². The first-order chi connectivity index (χ1) is 5.86. The Kier molecular flexibility index (Phi) is 1.59. The van der Waals surface area contributed by atoms with Crippen molar-refractivity contribution in [1.29, 1.82) is 0 Å². The topological polar surface area (TPSA) is 38.0 Å². The van der Waals surface area contributed by atoms with Crippen LogP contribution in [-0.4, -0.2) is 0 Å². The van der Waals surface area contributed by atoms with E-state index in [0.29, 0.717) is 0 Å². The Hall–Kier alpha value is -1.70. The lowest BCUT2D eigenvalue weighted by molar-refractivity contribution is 1.57. The molecule has 0 saturated carbocycles. The lowest BCUT2D eigenvalue weighted by Crippen LogP contribution is -1.92. The van der Waals surface area contributed by atoms with Crippen molar-refractivity contribution in [2.75, 3.05) is 11.1 Å². The maximum Gasteiger partial charge on any atom is 0.0474 e. The number of hydrogen-bond donors (Lipinski definition) is 2. The summed E-state index contributed by atoms with van der Waals surface area (Å²) >= 11 is 0. The van der Waals surface area contributed by atoms with E-state index in [9.17, 15) is 0 Å². The molecule has 1 aromatic carbocycles. The molecule has 1 heterocycles. The van der Waals surface area contributed by atoms with Crippen LogP contribution in [0.5, 0.6) is 0 Å². The van der Waals surface area contributed by atoms with Gasteiger partial charge in [-0.1, -0.05) is 18.2 Å². The molecule has 0 spiro atoms. The molecule has 3 N–H and O–H groups in total. The van der Waals surface area contributed by atoms with Crippen molar-refractivity contribution in [2.24, 2.45) is 0 Å². The average Bonchev–Trinajstić information content (AvgIpc) is 2.28. The van der Waals surface area contributed by atoms with Crippen LogP contribution in [-0.2, 0) is 0 Å². The first-order valence-corrected chi connectivity index (χ1v) is 3.85. The van der Waals surface area contributed by atoms with Gasteiger partial charge in [0, 0.05) is 17.6 Å². The molecule has 0 aliphatic carbocycles. The summed E-state index contributed by atoms with van der Waals surface area (Å²) in [5.74, 6) is 0. The maximum atomic E-state index is 5.64. The second-order valence-electron chi connectivity index (χ2n) is 2.71. The number of nitrogen functional groups attached to an aromatic ring is 1. The number of nitrogens with two attached hydrogens (primary N) is 1. The van der Waals surface area contributed by atoms with Gasteiger partial charge in [0.1, 0.15) is 0 Å². The van der Waals surface area contributed by atoms with E-state index in [1.807, 2.05) is 42.6 Å². The van der Waals surface area contributed by atoms with Crippen LogP contribution in [0.25, 0.3) is 6.08 Å². The molecule has 1 aliphatic heterocycles. The van der Waals surface area contributed by atoms with Crippen molar-refractivity contribution in [3.63, 3.8) is 0 Å². The minimum Gasteiger partial charge on any atom is -0.399 e. The summed E-state index contributed by atoms with van der Waals surface area (Å²) in [4.78, 5) is 0. The number of allylic oxidation sites excluding steroid dienone is 2. The Morgan fingerprint density at radius 3 is 3.00 bits per heavy atom.